The van der Waals surface area contributed by atoms with Gasteiger partial charge in [-0.1, -0.05) is 23.7 Å². The van der Waals surface area contributed by atoms with Crippen LogP contribution in [0.3, 0.4) is 0 Å². The largest absolute Gasteiger partial charge is 0.355 e. The van der Waals surface area contributed by atoms with E-state index < -0.39 is 10.0 Å². The fourth-order valence-electron chi connectivity index (χ4n) is 2.49. The molecule has 9 heteroatoms. The van der Waals surface area contributed by atoms with Crippen LogP contribution in [-0.4, -0.2) is 62.6 Å². The van der Waals surface area contributed by atoms with Gasteiger partial charge in [-0.05, 0) is 24.6 Å². The number of benzene rings is 1. The number of aliphatic imine (C=N–C) groups is 1. The Bertz CT molecular complexity index is 674. The first-order chi connectivity index (χ1) is 11.9. The van der Waals surface area contributed by atoms with Crippen molar-refractivity contribution in [1.29, 1.82) is 0 Å². The molecule has 1 aliphatic heterocycles. The molecular formula is C16H25ClN4O2S2. The molecule has 0 aromatic heterocycles. The average molecular weight is 405 g/mol. The van der Waals surface area contributed by atoms with E-state index in [1.165, 1.54) is 0 Å². The summed E-state index contributed by atoms with van der Waals surface area (Å²) in [5.74, 6) is 2.38. The molecule has 1 aromatic carbocycles. The van der Waals surface area contributed by atoms with Crippen molar-refractivity contribution >= 4 is 39.3 Å². The molecule has 140 valence electrons. The van der Waals surface area contributed by atoms with Crippen molar-refractivity contribution < 1.29 is 8.42 Å². The SMILES string of the molecule is CN=C(NCCS(=O)(=O)N1CCSCC1)NC(C)c1ccc(Cl)cc1. The zero-order valence-corrected chi connectivity index (χ0v) is 16.9. The molecule has 0 saturated carbocycles. The van der Waals surface area contributed by atoms with Crippen LogP contribution in [0.2, 0.25) is 5.02 Å². The molecule has 1 fully saturated rings. The molecule has 1 aliphatic rings. The van der Waals surface area contributed by atoms with Gasteiger partial charge < -0.3 is 10.6 Å². The molecule has 0 bridgehead atoms. The van der Waals surface area contributed by atoms with Gasteiger partial charge in [-0.3, -0.25) is 4.99 Å². The first-order valence-electron chi connectivity index (χ1n) is 8.20. The highest BCUT2D eigenvalue weighted by Gasteiger charge is 2.23. The summed E-state index contributed by atoms with van der Waals surface area (Å²) in [4.78, 5) is 4.16. The van der Waals surface area contributed by atoms with Gasteiger partial charge in [-0.15, -0.1) is 0 Å². The highest BCUT2D eigenvalue weighted by Crippen LogP contribution is 2.16. The van der Waals surface area contributed by atoms with E-state index in [0.29, 0.717) is 30.6 Å². The summed E-state index contributed by atoms with van der Waals surface area (Å²) in [5, 5.41) is 7.02. The summed E-state index contributed by atoms with van der Waals surface area (Å²) in [6.45, 7) is 3.54. The number of nitrogens with zero attached hydrogens (tertiary/aromatic N) is 2. The zero-order valence-electron chi connectivity index (χ0n) is 14.5. The molecule has 1 heterocycles. The van der Waals surface area contributed by atoms with Crippen molar-refractivity contribution in [2.45, 2.75) is 13.0 Å². The van der Waals surface area contributed by atoms with E-state index >= 15 is 0 Å². The maximum Gasteiger partial charge on any atom is 0.215 e. The second-order valence-corrected chi connectivity index (χ2v) is 9.49. The first kappa shape index (κ1) is 20.4. The van der Waals surface area contributed by atoms with Gasteiger partial charge in [0.05, 0.1) is 11.8 Å². The Hall–Kier alpha value is -0.960. The first-order valence-corrected chi connectivity index (χ1v) is 11.3. The van der Waals surface area contributed by atoms with Crippen LogP contribution in [0.1, 0.15) is 18.5 Å². The number of rotatable bonds is 6. The summed E-state index contributed by atoms with van der Waals surface area (Å²) in [7, 11) is -1.55. The zero-order chi connectivity index (χ0) is 18.3. The molecule has 0 aliphatic carbocycles. The van der Waals surface area contributed by atoms with E-state index in [1.54, 1.807) is 23.1 Å². The van der Waals surface area contributed by atoms with Gasteiger partial charge in [0.25, 0.3) is 0 Å². The molecular weight excluding hydrogens is 380 g/mol. The van der Waals surface area contributed by atoms with Gasteiger partial charge >= 0.3 is 0 Å². The number of sulfonamides is 1. The second kappa shape index (κ2) is 9.66. The van der Waals surface area contributed by atoms with E-state index in [2.05, 4.69) is 15.6 Å². The Balaban J connectivity index is 1.82. The van der Waals surface area contributed by atoms with Crippen molar-refractivity contribution in [2.75, 3.05) is 43.9 Å². The van der Waals surface area contributed by atoms with E-state index in [1.807, 2.05) is 31.2 Å². The molecule has 0 spiro atoms. The second-order valence-electron chi connectivity index (χ2n) is 5.74. The van der Waals surface area contributed by atoms with Gasteiger partial charge in [-0.2, -0.15) is 11.8 Å². The Morgan fingerprint density at radius 2 is 1.96 bits per heavy atom. The highest BCUT2D eigenvalue weighted by molar-refractivity contribution is 7.99. The number of halogens is 1. The number of hydrogen-bond acceptors (Lipinski definition) is 4. The number of hydrogen-bond donors (Lipinski definition) is 2. The van der Waals surface area contributed by atoms with Gasteiger partial charge in [0, 0.05) is 43.2 Å². The van der Waals surface area contributed by atoms with Crippen molar-refractivity contribution in [3.63, 3.8) is 0 Å². The Morgan fingerprint density at radius 3 is 2.56 bits per heavy atom. The minimum Gasteiger partial charge on any atom is -0.355 e. The molecule has 1 saturated heterocycles. The predicted octanol–water partition coefficient (Wildman–Crippen LogP) is 1.94. The number of nitrogens with one attached hydrogen (secondary N) is 2. The fraction of sp³-hybridized carbons (Fsp3) is 0.562. The van der Waals surface area contributed by atoms with Crippen molar-refractivity contribution in [2.24, 2.45) is 4.99 Å². The molecule has 1 unspecified atom stereocenters. The Labute approximate surface area is 159 Å². The topological polar surface area (TPSA) is 73.8 Å². The maximum absolute atomic E-state index is 12.3. The lowest BCUT2D eigenvalue weighted by molar-refractivity contribution is 0.443. The maximum atomic E-state index is 12.3. The Morgan fingerprint density at radius 1 is 1.32 bits per heavy atom. The van der Waals surface area contributed by atoms with Crippen LogP contribution in [0.4, 0.5) is 0 Å². The molecule has 25 heavy (non-hydrogen) atoms. The lowest BCUT2D eigenvalue weighted by Crippen LogP contribution is -2.44. The van der Waals surface area contributed by atoms with Crippen LogP contribution in [0, 0.1) is 0 Å². The summed E-state index contributed by atoms with van der Waals surface area (Å²) in [5.41, 5.74) is 1.07. The van der Waals surface area contributed by atoms with Crippen LogP contribution in [0.25, 0.3) is 0 Å². The average Bonchev–Trinajstić information content (AvgIpc) is 2.62. The minimum atomic E-state index is -3.21. The predicted molar refractivity (Wildman–Crippen MR) is 107 cm³/mol. The molecule has 1 aromatic rings. The number of guanidine groups is 1. The van der Waals surface area contributed by atoms with Crippen LogP contribution in [-0.2, 0) is 10.0 Å². The van der Waals surface area contributed by atoms with Gasteiger partial charge in [0.1, 0.15) is 0 Å². The van der Waals surface area contributed by atoms with Gasteiger partial charge in [-0.25, -0.2) is 12.7 Å². The highest BCUT2D eigenvalue weighted by atomic mass is 35.5. The van der Waals surface area contributed by atoms with Gasteiger partial charge in [0.15, 0.2) is 5.96 Å². The monoisotopic (exact) mass is 404 g/mol. The van der Waals surface area contributed by atoms with E-state index in [0.717, 1.165) is 17.1 Å². The third-order valence-corrected chi connectivity index (χ3v) is 7.03. The third kappa shape index (κ3) is 6.36. The minimum absolute atomic E-state index is 0.0270. The summed E-state index contributed by atoms with van der Waals surface area (Å²) < 4.78 is 26.3. The quantitative estimate of drug-likeness (QED) is 0.560. The van der Waals surface area contributed by atoms with Crippen LogP contribution in [0.15, 0.2) is 29.3 Å². The third-order valence-electron chi connectivity index (χ3n) is 3.96. The van der Waals surface area contributed by atoms with Crippen LogP contribution in [0.5, 0.6) is 0 Å². The van der Waals surface area contributed by atoms with Gasteiger partial charge in [0.2, 0.25) is 10.0 Å². The van der Waals surface area contributed by atoms with Crippen LogP contribution >= 0.6 is 23.4 Å². The summed E-state index contributed by atoms with van der Waals surface area (Å²) >= 11 is 7.70. The molecule has 0 amide bonds. The van der Waals surface area contributed by atoms with E-state index in [9.17, 15) is 8.42 Å². The van der Waals surface area contributed by atoms with Crippen molar-refractivity contribution in [1.82, 2.24) is 14.9 Å². The Kier molecular flexibility index (Phi) is 7.86. The lowest BCUT2D eigenvalue weighted by Gasteiger charge is -2.26. The van der Waals surface area contributed by atoms with Crippen LogP contribution < -0.4 is 10.6 Å². The molecule has 2 rings (SSSR count). The fourth-order valence-corrected chi connectivity index (χ4v) is 5.10. The normalized spacial score (nSPS) is 18.0. The summed E-state index contributed by atoms with van der Waals surface area (Å²) in [6.07, 6.45) is 0. The smallest absolute Gasteiger partial charge is 0.215 e. The number of thioether (sulfide) groups is 1. The van der Waals surface area contributed by atoms with Crippen molar-refractivity contribution in [3.8, 4) is 0 Å². The van der Waals surface area contributed by atoms with E-state index in [4.69, 9.17) is 11.6 Å². The molecule has 0 radical (unpaired) electrons. The standard InChI is InChI=1S/C16H25ClN4O2S2/c1-13(14-3-5-15(17)6-4-14)20-16(18-2)19-7-12-25(22,23)21-8-10-24-11-9-21/h3-6,13H,7-12H2,1-2H3,(H2,18,19,20). The van der Waals surface area contributed by atoms with Crippen molar-refractivity contribution in [3.05, 3.63) is 34.9 Å². The lowest BCUT2D eigenvalue weighted by atomic mass is 10.1. The van der Waals surface area contributed by atoms with E-state index in [-0.39, 0.29) is 11.8 Å². The molecule has 2 N–H and O–H groups in total. The summed E-state index contributed by atoms with van der Waals surface area (Å²) in [6, 6.07) is 7.61. The molecule has 6 nitrogen and oxygen atoms in total. The molecule has 1 atom stereocenters.